The molecule has 0 amide bonds. The van der Waals surface area contributed by atoms with Gasteiger partial charge in [0.05, 0.1) is 17.1 Å². The first kappa shape index (κ1) is 15.5. The minimum Gasteiger partial charge on any atom is -0.478 e. The molecule has 0 saturated heterocycles. The van der Waals surface area contributed by atoms with Gasteiger partial charge in [-0.25, -0.2) is 9.78 Å². The average molecular weight is 289 g/mol. The van der Waals surface area contributed by atoms with Crippen molar-refractivity contribution >= 4 is 17.0 Å². The molecule has 0 saturated carbocycles. The second-order valence-corrected chi connectivity index (χ2v) is 6.08. The maximum Gasteiger partial charge on any atom is 0.337 e. The zero-order chi connectivity index (χ0) is 15.7. The van der Waals surface area contributed by atoms with E-state index in [9.17, 15) is 9.90 Å². The molecule has 5 heteroatoms. The van der Waals surface area contributed by atoms with Gasteiger partial charge in [-0.2, -0.15) is 0 Å². The summed E-state index contributed by atoms with van der Waals surface area (Å²) < 4.78 is 2.17. The van der Waals surface area contributed by atoms with Crippen LogP contribution >= 0.6 is 0 Å². The highest BCUT2D eigenvalue weighted by Gasteiger charge is 2.23. The molecular formula is C16H23N3O2. The molecule has 114 valence electrons. The number of imidazole rings is 1. The number of nitrogens with zero attached hydrogens (tertiary/aromatic N) is 3. The van der Waals surface area contributed by atoms with Gasteiger partial charge < -0.3 is 14.6 Å². The van der Waals surface area contributed by atoms with E-state index >= 15 is 0 Å². The van der Waals surface area contributed by atoms with Crippen LogP contribution in [0, 0.1) is 12.8 Å². The van der Waals surface area contributed by atoms with Crippen LogP contribution < -0.4 is 0 Å². The number of carboxylic acids is 1. The van der Waals surface area contributed by atoms with Crippen molar-refractivity contribution in [3.05, 3.63) is 29.6 Å². The standard InChI is InChI=1S/C16H23N3O2/c1-10(2)14(9-18(4)5)19-11(3)17-15-12(16(20)21)7-6-8-13(15)19/h6-8,10,14H,9H2,1-5H3,(H,20,21). The molecule has 1 aromatic carbocycles. The molecule has 0 aliphatic carbocycles. The normalized spacial score (nSPS) is 13.3. The van der Waals surface area contributed by atoms with Gasteiger partial charge in [-0.15, -0.1) is 0 Å². The Morgan fingerprint density at radius 1 is 1.38 bits per heavy atom. The van der Waals surface area contributed by atoms with Crippen molar-refractivity contribution in [2.45, 2.75) is 26.8 Å². The summed E-state index contributed by atoms with van der Waals surface area (Å²) in [5.41, 5.74) is 1.74. The number of aromatic nitrogens is 2. The highest BCUT2D eigenvalue weighted by Crippen LogP contribution is 2.28. The van der Waals surface area contributed by atoms with Gasteiger partial charge in [-0.05, 0) is 39.1 Å². The summed E-state index contributed by atoms with van der Waals surface area (Å²) in [5, 5.41) is 9.32. The molecule has 2 aromatic rings. The number of hydrogen-bond donors (Lipinski definition) is 1. The van der Waals surface area contributed by atoms with E-state index in [-0.39, 0.29) is 11.6 Å². The van der Waals surface area contributed by atoms with Gasteiger partial charge in [0, 0.05) is 6.54 Å². The highest BCUT2D eigenvalue weighted by atomic mass is 16.4. The molecule has 0 fully saturated rings. The minimum absolute atomic E-state index is 0.258. The fourth-order valence-electron chi connectivity index (χ4n) is 2.79. The molecule has 0 aliphatic rings. The Kier molecular flexibility index (Phi) is 4.32. The Bertz CT molecular complexity index is 659. The van der Waals surface area contributed by atoms with Gasteiger partial charge in [0.1, 0.15) is 11.3 Å². The van der Waals surface area contributed by atoms with Crippen molar-refractivity contribution in [3.63, 3.8) is 0 Å². The number of carboxylic acid groups (broad SMARTS) is 1. The van der Waals surface area contributed by atoms with Gasteiger partial charge in [-0.3, -0.25) is 0 Å². The van der Waals surface area contributed by atoms with Gasteiger partial charge in [0.2, 0.25) is 0 Å². The van der Waals surface area contributed by atoms with Crippen LogP contribution in [0.15, 0.2) is 18.2 Å². The van der Waals surface area contributed by atoms with E-state index < -0.39 is 5.97 Å². The summed E-state index contributed by atoms with van der Waals surface area (Å²) in [6.45, 7) is 7.19. The molecular weight excluding hydrogens is 266 g/mol. The smallest absolute Gasteiger partial charge is 0.337 e. The largest absolute Gasteiger partial charge is 0.478 e. The van der Waals surface area contributed by atoms with Gasteiger partial charge in [0.15, 0.2) is 0 Å². The summed E-state index contributed by atoms with van der Waals surface area (Å²) in [6.07, 6.45) is 0. The molecule has 1 atom stereocenters. The minimum atomic E-state index is -0.932. The SMILES string of the molecule is Cc1nc2c(C(=O)O)cccc2n1C(CN(C)C)C(C)C. The second-order valence-electron chi connectivity index (χ2n) is 6.08. The average Bonchev–Trinajstić information content (AvgIpc) is 2.70. The van der Waals surface area contributed by atoms with Gasteiger partial charge in [0.25, 0.3) is 0 Å². The van der Waals surface area contributed by atoms with Gasteiger partial charge >= 0.3 is 5.97 Å². The Labute approximate surface area is 125 Å². The molecule has 0 aliphatic heterocycles. The van der Waals surface area contributed by atoms with E-state index in [1.165, 1.54) is 0 Å². The number of aromatic carboxylic acids is 1. The summed E-state index contributed by atoms with van der Waals surface area (Å²) in [4.78, 5) is 18.0. The van der Waals surface area contributed by atoms with Crippen LogP contribution in [-0.2, 0) is 0 Å². The lowest BCUT2D eigenvalue weighted by atomic mass is 10.0. The maximum absolute atomic E-state index is 11.4. The van der Waals surface area contributed by atoms with E-state index in [1.807, 2.05) is 27.1 Å². The number of likely N-dealkylation sites (N-methyl/N-ethyl adjacent to an activating group) is 1. The van der Waals surface area contributed by atoms with Crippen molar-refractivity contribution < 1.29 is 9.90 Å². The van der Waals surface area contributed by atoms with Crippen LogP contribution in [0.25, 0.3) is 11.0 Å². The number of hydrogen-bond acceptors (Lipinski definition) is 3. The van der Waals surface area contributed by atoms with Crippen LogP contribution in [0.4, 0.5) is 0 Å². The van der Waals surface area contributed by atoms with Crippen molar-refractivity contribution in [3.8, 4) is 0 Å². The molecule has 5 nitrogen and oxygen atoms in total. The van der Waals surface area contributed by atoms with E-state index in [0.29, 0.717) is 11.4 Å². The van der Waals surface area contributed by atoms with Crippen LogP contribution in [0.3, 0.4) is 0 Å². The van der Waals surface area contributed by atoms with Gasteiger partial charge in [-0.1, -0.05) is 19.9 Å². The highest BCUT2D eigenvalue weighted by molar-refractivity contribution is 6.01. The lowest BCUT2D eigenvalue weighted by molar-refractivity contribution is 0.0699. The van der Waals surface area contributed by atoms with Crippen LogP contribution in [0.5, 0.6) is 0 Å². The molecule has 1 aromatic heterocycles. The molecule has 0 bridgehead atoms. The molecule has 1 N–H and O–H groups in total. The number of carbonyl (C=O) groups is 1. The van der Waals surface area contributed by atoms with Crippen molar-refractivity contribution in [1.29, 1.82) is 0 Å². The van der Waals surface area contributed by atoms with E-state index in [2.05, 4.69) is 28.3 Å². The molecule has 1 unspecified atom stereocenters. The zero-order valence-corrected chi connectivity index (χ0v) is 13.3. The quantitative estimate of drug-likeness (QED) is 0.919. The third-order valence-electron chi connectivity index (χ3n) is 3.78. The second kappa shape index (κ2) is 5.85. The molecule has 0 spiro atoms. The first-order valence-corrected chi connectivity index (χ1v) is 7.18. The van der Waals surface area contributed by atoms with Crippen molar-refractivity contribution in [2.75, 3.05) is 20.6 Å². The van der Waals surface area contributed by atoms with E-state index in [1.54, 1.807) is 12.1 Å². The summed E-state index contributed by atoms with van der Waals surface area (Å²) in [7, 11) is 4.10. The number of para-hydroxylation sites is 1. The fraction of sp³-hybridized carbons (Fsp3) is 0.500. The number of rotatable bonds is 5. The van der Waals surface area contributed by atoms with Crippen LogP contribution in [0.2, 0.25) is 0 Å². The van der Waals surface area contributed by atoms with Crippen molar-refractivity contribution in [1.82, 2.24) is 14.5 Å². The summed E-state index contributed by atoms with van der Waals surface area (Å²) >= 11 is 0. The zero-order valence-electron chi connectivity index (χ0n) is 13.3. The predicted molar refractivity (Wildman–Crippen MR) is 83.9 cm³/mol. The topological polar surface area (TPSA) is 58.4 Å². The lowest BCUT2D eigenvalue weighted by Gasteiger charge is -2.27. The Balaban J connectivity index is 2.65. The number of aryl methyl sites for hydroxylation is 1. The Morgan fingerprint density at radius 3 is 2.57 bits per heavy atom. The molecule has 1 heterocycles. The molecule has 0 radical (unpaired) electrons. The first-order chi connectivity index (χ1) is 9.82. The fourth-order valence-corrected chi connectivity index (χ4v) is 2.79. The summed E-state index contributed by atoms with van der Waals surface area (Å²) in [6, 6.07) is 5.61. The van der Waals surface area contributed by atoms with Crippen molar-refractivity contribution in [2.24, 2.45) is 5.92 Å². The third kappa shape index (κ3) is 2.93. The van der Waals surface area contributed by atoms with E-state index in [4.69, 9.17) is 0 Å². The number of fused-ring (bicyclic) bond motifs is 1. The monoisotopic (exact) mass is 289 g/mol. The molecule has 2 rings (SSSR count). The lowest BCUT2D eigenvalue weighted by Crippen LogP contribution is -2.28. The third-order valence-corrected chi connectivity index (χ3v) is 3.78. The maximum atomic E-state index is 11.4. The molecule has 21 heavy (non-hydrogen) atoms. The Morgan fingerprint density at radius 2 is 2.05 bits per heavy atom. The first-order valence-electron chi connectivity index (χ1n) is 7.18. The number of benzene rings is 1. The summed E-state index contributed by atoms with van der Waals surface area (Å²) in [5.74, 6) is 0.357. The van der Waals surface area contributed by atoms with Crippen LogP contribution in [0.1, 0.15) is 36.1 Å². The van der Waals surface area contributed by atoms with Crippen LogP contribution in [-0.4, -0.2) is 46.2 Å². The Hall–Kier alpha value is -1.88. The predicted octanol–water partition coefficient (Wildman–Crippen LogP) is 2.80. The van der Waals surface area contributed by atoms with E-state index in [0.717, 1.165) is 17.9 Å².